The number of halogens is 1. The van der Waals surface area contributed by atoms with E-state index >= 15 is 0 Å². The van der Waals surface area contributed by atoms with Crippen LogP contribution in [0.2, 0.25) is 0 Å². The molecule has 0 aromatic rings. The lowest BCUT2D eigenvalue weighted by Gasteiger charge is -2.32. The molecule has 1 aliphatic rings. The summed E-state index contributed by atoms with van der Waals surface area (Å²) in [5, 5.41) is -0.160. The molecule has 1 aliphatic heterocycles. The minimum Gasteiger partial charge on any atom is -0.269 e. The van der Waals surface area contributed by atoms with Gasteiger partial charge in [-0.05, 0) is 0 Å². The van der Waals surface area contributed by atoms with E-state index in [9.17, 15) is 9.59 Å². The van der Waals surface area contributed by atoms with Crippen LogP contribution in [0, 0.1) is 0 Å². The lowest BCUT2D eigenvalue weighted by Crippen LogP contribution is -2.49. The highest BCUT2D eigenvalue weighted by atomic mass is 35.5. The minimum absolute atomic E-state index is 0.477. The van der Waals surface area contributed by atoms with Crippen LogP contribution in [0.3, 0.4) is 0 Å². The van der Waals surface area contributed by atoms with E-state index in [0.29, 0.717) is 0 Å². The second kappa shape index (κ2) is 3.68. The number of imide groups is 1. The summed E-state index contributed by atoms with van der Waals surface area (Å²) in [6.45, 7) is 1.43. The highest BCUT2D eigenvalue weighted by Gasteiger charge is 2.41. The fourth-order valence-electron chi connectivity index (χ4n) is 1.17. The molecule has 2 amide bonds. The molecule has 5 nitrogen and oxygen atoms in total. The number of amides is 2. The highest BCUT2D eigenvalue weighted by Crippen LogP contribution is 2.25. The predicted molar refractivity (Wildman–Crippen MR) is 50.0 cm³/mol. The first kappa shape index (κ1) is 11.2. The van der Waals surface area contributed by atoms with Crippen LogP contribution in [0.1, 0.15) is 6.92 Å². The lowest BCUT2D eigenvalue weighted by molar-refractivity contribution is -0.224. The monoisotopic (exact) mass is 218 g/mol. The second-order valence-electron chi connectivity index (χ2n) is 3.12. The smallest absolute Gasteiger partial charge is 0.257 e. The number of hydrogen-bond acceptors (Lipinski definition) is 4. The molecule has 1 atom stereocenters. The summed E-state index contributed by atoms with van der Waals surface area (Å²) in [4.78, 5) is 28.4. The quantitative estimate of drug-likeness (QED) is 0.296. The number of nitrogens with zero attached hydrogens (tertiary/aromatic N) is 2. The Morgan fingerprint density at radius 2 is 1.79 bits per heavy atom. The van der Waals surface area contributed by atoms with Crippen molar-refractivity contribution in [1.82, 2.24) is 9.96 Å². The number of rotatable bonds is 3. The molecule has 0 aromatic heterocycles. The van der Waals surface area contributed by atoms with E-state index < -0.39 is 17.0 Å². The fraction of sp³-hybridized carbons (Fsp3) is 0.500. The Bertz CT molecular complexity index is 281. The maximum atomic E-state index is 11.2. The predicted octanol–water partition coefficient (Wildman–Crippen LogP) is 0.317. The van der Waals surface area contributed by atoms with Crippen molar-refractivity contribution < 1.29 is 14.4 Å². The molecule has 1 heterocycles. The van der Waals surface area contributed by atoms with Crippen LogP contribution in [0.25, 0.3) is 0 Å². The molecule has 0 saturated heterocycles. The average Bonchev–Trinajstić information content (AvgIpc) is 2.27. The van der Waals surface area contributed by atoms with E-state index in [2.05, 4.69) is 0 Å². The first-order valence-electron chi connectivity index (χ1n) is 3.96. The Morgan fingerprint density at radius 3 is 2.14 bits per heavy atom. The Morgan fingerprint density at radius 1 is 1.36 bits per heavy atom. The van der Waals surface area contributed by atoms with Gasteiger partial charge in [-0.3, -0.25) is 14.4 Å². The molecule has 14 heavy (non-hydrogen) atoms. The Balaban J connectivity index is 2.82. The van der Waals surface area contributed by atoms with Crippen molar-refractivity contribution in [2.24, 2.45) is 0 Å². The molecule has 0 N–H and O–H groups in total. The van der Waals surface area contributed by atoms with Gasteiger partial charge in [-0.15, -0.1) is 0 Å². The van der Waals surface area contributed by atoms with Gasteiger partial charge in [0.15, 0.2) is 0 Å². The van der Waals surface area contributed by atoms with Crippen LogP contribution in [0.15, 0.2) is 12.2 Å². The number of alkyl halides is 1. The maximum Gasteiger partial charge on any atom is 0.257 e. The normalized spacial score (nSPS) is 20.8. The van der Waals surface area contributed by atoms with Gasteiger partial charge in [0.25, 0.3) is 11.8 Å². The second-order valence-corrected chi connectivity index (χ2v) is 3.82. The summed E-state index contributed by atoms with van der Waals surface area (Å²) in [5.74, 6) is -0.955. The van der Waals surface area contributed by atoms with Gasteiger partial charge in [-0.2, -0.15) is 5.06 Å². The molecule has 0 spiro atoms. The molecule has 0 aliphatic carbocycles. The van der Waals surface area contributed by atoms with Crippen molar-refractivity contribution in [1.29, 1.82) is 0 Å². The van der Waals surface area contributed by atoms with Gasteiger partial charge in [-0.25, -0.2) is 4.90 Å². The molecule has 0 radical (unpaired) electrons. The average molecular weight is 219 g/mol. The third kappa shape index (κ3) is 2.12. The van der Waals surface area contributed by atoms with Gasteiger partial charge < -0.3 is 0 Å². The van der Waals surface area contributed by atoms with Crippen molar-refractivity contribution >= 4 is 23.4 Å². The summed E-state index contributed by atoms with van der Waals surface area (Å²) in [6, 6.07) is 0. The van der Waals surface area contributed by atoms with Crippen LogP contribution < -0.4 is 0 Å². The lowest BCUT2D eigenvalue weighted by atomic mass is 10.5. The zero-order valence-electron chi connectivity index (χ0n) is 8.15. The molecule has 1 rings (SSSR count). The molecule has 1 unspecified atom stereocenters. The molecule has 78 valence electrons. The van der Waals surface area contributed by atoms with Crippen LogP contribution in [-0.4, -0.2) is 41.1 Å². The van der Waals surface area contributed by atoms with Gasteiger partial charge in [0.1, 0.15) is 0 Å². The molecular formula is C8H11ClN2O3. The van der Waals surface area contributed by atoms with Crippen molar-refractivity contribution in [3.05, 3.63) is 12.2 Å². The van der Waals surface area contributed by atoms with E-state index in [4.69, 9.17) is 16.4 Å². The number of hydroxylamine groups is 2. The summed E-state index contributed by atoms with van der Waals surface area (Å²) < 4.78 is 0. The van der Waals surface area contributed by atoms with E-state index in [0.717, 1.165) is 17.1 Å². The molecule has 0 aromatic carbocycles. The van der Waals surface area contributed by atoms with Crippen LogP contribution in [0.5, 0.6) is 0 Å². The molecule has 6 heteroatoms. The van der Waals surface area contributed by atoms with Crippen LogP contribution in [0.4, 0.5) is 0 Å². The third-order valence-electron chi connectivity index (χ3n) is 1.56. The number of carbonyl (C=O) groups is 2. The van der Waals surface area contributed by atoms with Crippen molar-refractivity contribution in [2.45, 2.75) is 12.1 Å². The molecular weight excluding hydrogens is 208 g/mol. The zero-order chi connectivity index (χ0) is 10.9. The van der Waals surface area contributed by atoms with E-state index in [1.165, 1.54) is 12.0 Å². The van der Waals surface area contributed by atoms with Gasteiger partial charge in [0, 0.05) is 33.2 Å². The summed E-state index contributed by atoms with van der Waals surface area (Å²) in [5.41, 5.74) is 0. The first-order valence-corrected chi connectivity index (χ1v) is 4.34. The van der Waals surface area contributed by atoms with Crippen molar-refractivity contribution in [3.8, 4) is 0 Å². The minimum atomic E-state index is -1.48. The number of carbonyl (C=O) groups excluding carboxylic acids is 2. The largest absolute Gasteiger partial charge is 0.269 e. The van der Waals surface area contributed by atoms with Gasteiger partial charge in [-0.1, -0.05) is 11.6 Å². The van der Waals surface area contributed by atoms with Crippen molar-refractivity contribution in [3.63, 3.8) is 0 Å². The van der Waals surface area contributed by atoms with Crippen LogP contribution >= 0.6 is 11.6 Å². The SMILES string of the molecule is CN(C)OC(C)(Cl)N1C(=O)C=CC1=O. The third-order valence-corrected chi connectivity index (χ3v) is 1.80. The Hall–Kier alpha value is -0.910. The van der Waals surface area contributed by atoms with E-state index in [1.807, 2.05) is 0 Å². The highest BCUT2D eigenvalue weighted by molar-refractivity contribution is 6.27. The molecule has 0 fully saturated rings. The summed E-state index contributed by atoms with van der Waals surface area (Å²) in [6.07, 6.45) is 2.31. The fourth-order valence-corrected chi connectivity index (χ4v) is 1.47. The van der Waals surface area contributed by atoms with Gasteiger partial charge in [0.05, 0.1) is 0 Å². The molecule has 0 saturated carbocycles. The first-order chi connectivity index (χ1) is 6.34. The Labute approximate surface area is 86.8 Å². The summed E-state index contributed by atoms with van der Waals surface area (Å²) in [7, 11) is 3.22. The number of hydrogen-bond donors (Lipinski definition) is 0. The topological polar surface area (TPSA) is 49.9 Å². The molecule has 0 bridgehead atoms. The van der Waals surface area contributed by atoms with Crippen LogP contribution in [-0.2, 0) is 14.4 Å². The van der Waals surface area contributed by atoms with Crippen molar-refractivity contribution in [2.75, 3.05) is 14.1 Å². The maximum absolute atomic E-state index is 11.2. The zero-order valence-corrected chi connectivity index (χ0v) is 8.91. The van der Waals surface area contributed by atoms with E-state index in [1.54, 1.807) is 14.1 Å². The van der Waals surface area contributed by atoms with E-state index in [-0.39, 0.29) is 0 Å². The Kier molecular flexibility index (Phi) is 2.94. The van der Waals surface area contributed by atoms with Gasteiger partial charge in [0.2, 0.25) is 5.18 Å². The summed E-state index contributed by atoms with van der Waals surface area (Å²) >= 11 is 5.91. The van der Waals surface area contributed by atoms with Gasteiger partial charge >= 0.3 is 0 Å². The standard InChI is InChI=1S/C8H11ClN2O3/c1-8(9,14-10(2)3)11-6(12)4-5-7(11)13/h4-5H,1-3H3.